The van der Waals surface area contributed by atoms with Crippen molar-refractivity contribution in [1.29, 1.82) is 0 Å². The number of rotatable bonds is 3. The van der Waals surface area contributed by atoms with Crippen LogP contribution in [0.25, 0.3) is 10.6 Å². The minimum atomic E-state index is -0.251. The summed E-state index contributed by atoms with van der Waals surface area (Å²) >= 11 is 1.46. The Labute approximate surface area is 125 Å². The monoisotopic (exact) mass is 298 g/mol. The fourth-order valence-electron chi connectivity index (χ4n) is 1.92. The van der Waals surface area contributed by atoms with Crippen molar-refractivity contribution in [3.8, 4) is 10.6 Å². The normalized spacial score (nSPS) is 10.6. The van der Waals surface area contributed by atoms with Crippen LogP contribution in [0.1, 0.15) is 11.1 Å². The number of nitrogens with one attached hydrogen (secondary N) is 2. The number of H-pyrrole nitrogens is 1. The summed E-state index contributed by atoms with van der Waals surface area (Å²) in [4.78, 5) is 15.6. The lowest BCUT2D eigenvalue weighted by molar-refractivity contribution is 0.964. The van der Waals surface area contributed by atoms with Gasteiger partial charge in [0.15, 0.2) is 5.69 Å². The highest BCUT2D eigenvalue weighted by Gasteiger charge is 2.08. The van der Waals surface area contributed by atoms with Gasteiger partial charge in [-0.15, -0.1) is 21.5 Å². The Morgan fingerprint density at radius 2 is 2.00 bits per heavy atom. The largest absolute Gasteiger partial charge is 0.324 e. The molecule has 0 fully saturated rings. The van der Waals surface area contributed by atoms with Crippen molar-refractivity contribution in [2.45, 2.75) is 13.8 Å². The van der Waals surface area contributed by atoms with Crippen LogP contribution < -0.4 is 10.9 Å². The number of aromatic amines is 1. The van der Waals surface area contributed by atoms with Crippen molar-refractivity contribution in [2.75, 3.05) is 5.32 Å². The molecular formula is C15H14N4OS. The molecule has 0 unspecified atom stereocenters. The predicted octanol–water partition coefficient (Wildman–Crippen LogP) is 3.25. The molecule has 106 valence electrons. The van der Waals surface area contributed by atoms with Gasteiger partial charge in [0.25, 0.3) is 5.56 Å². The molecule has 6 heteroatoms. The maximum Gasteiger partial charge on any atom is 0.280 e. The van der Waals surface area contributed by atoms with Gasteiger partial charge in [-0.1, -0.05) is 12.1 Å². The van der Waals surface area contributed by atoms with Crippen LogP contribution in [0, 0.1) is 13.8 Å². The van der Waals surface area contributed by atoms with E-state index in [9.17, 15) is 4.79 Å². The average Bonchev–Trinajstić information content (AvgIpc) is 2.97. The number of aromatic nitrogens is 3. The third kappa shape index (κ3) is 2.85. The van der Waals surface area contributed by atoms with Crippen LogP contribution in [-0.2, 0) is 0 Å². The maximum absolute atomic E-state index is 12.1. The number of benzene rings is 1. The molecule has 21 heavy (non-hydrogen) atoms. The molecule has 0 amide bonds. The highest BCUT2D eigenvalue weighted by molar-refractivity contribution is 7.13. The third-order valence-electron chi connectivity index (χ3n) is 3.22. The second kappa shape index (κ2) is 5.49. The fourth-order valence-corrected chi connectivity index (χ4v) is 2.63. The van der Waals surface area contributed by atoms with Gasteiger partial charge in [0, 0.05) is 5.69 Å². The summed E-state index contributed by atoms with van der Waals surface area (Å²) in [6, 6.07) is 9.68. The number of aryl methyl sites for hydroxylation is 2. The van der Waals surface area contributed by atoms with Crippen LogP contribution in [-0.4, -0.2) is 15.2 Å². The Morgan fingerprint density at radius 1 is 1.14 bits per heavy atom. The molecule has 2 aromatic heterocycles. The molecule has 0 aliphatic carbocycles. The van der Waals surface area contributed by atoms with Gasteiger partial charge in [-0.25, -0.2) is 0 Å². The molecule has 5 nitrogen and oxygen atoms in total. The lowest BCUT2D eigenvalue weighted by atomic mass is 10.1. The molecule has 0 bridgehead atoms. The standard InChI is InChI=1S/C15H14N4OS/c1-9-5-6-11(8-10(9)2)16-15-17-14(20)13(18-19-15)12-4-3-7-21-12/h3-8H,1-2H3,(H2,16,17,19,20). The molecule has 2 heterocycles. The first kappa shape index (κ1) is 13.5. The van der Waals surface area contributed by atoms with Crippen LogP contribution in [0.3, 0.4) is 0 Å². The van der Waals surface area contributed by atoms with E-state index in [0.29, 0.717) is 11.6 Å². The molecule has 1 aromatic carbocycles. The van der Waals surface area contributed by atoms with Gasteiger partial charge in [-0.05, 0) is 48.6 Å². The quantitative estimate of drug-likeness (QED) is 0.778. The Hall–Kier alpha value is -2.47. The predicted molar refractivity (Wildman–Crippen MR) is 85.2 cm³/mol. The topological polar surface area (TPSA) is 70.7 Å². The van der Waals surface area contributed by atoms with Crippen LogP contribution in [0.5, 0.6) is 0 Å². The summed E-state index contributed by atoms with van der Waals surface area (Å²) in [6.07, 6.45) is 0. The molecule has 0 saturated carbocycles. The van der Waals surface area contributed by atoms with Crippen LogP contribution in [0.15, 0.2) is 40.5 Å². The number of anilines is 2. The summed E-state index contributed by atoms with van der Waals surface area (Å²) in [5.41, 5.74) is 3.35. The van der Waals surface area contributed by atoms with Crippen LogP contribution in [0.2, 0.25) is 0 Å². The van der Waals surface area contributed by atoms with Gasteiger partial charge in [-0.2, -0.15) is 0 Å². The van der Waals surface area contributed by atoms with Crippen LogP contribution in [0.4, 0.5) is 11.6 Å². The molecule has 3 rings (SSSR count). The third-order valence-corrected chi connectivity index (χ3v) is 4.10. The smallest absolute Gasteiger partial charge is 0.280 e. The lowest BCUT2D eigenvalue weighted by Crippen LogP contribution is -2.15. The first-order valence-electron chi connectivity index (χ1n) is 6.48. The second-order valence-corrected chi connectivity index (χ2v) is 5.70. The summed E-state index contributed by atoms with van der Waals surface area (Å²) in [6.45, 7) is 4.09. The summed E-state index contributed by atoms with van der Waals surface area (Å²) in [5.74, 6) is 0.337. The van der Waals surface area contributed by atoms with E-state index in [4.69, 9.17) is 0 Å². The van der Waals surface area contributed by atoms with Crippen molar-refractivity contribution < 1.29 is 0 Å². The number of nitrogens with zero attached hydrogens (tertiary/aromatic N) is 2. The summed E-state index contributed by atoms with van der Waals surface area (Å²) < 4.78 is 0. The number of thiophene rings is 1. The number of hydrogen-bond acceptors (Lipinski definition) is 5. The first-order valence-corrected chi connectivity index (χ1v) is 7.36. The van der Waals surface area contributed by atoms with E-state index in [2.05, 4.69) is 27.4 Å². The molecule has 0 radical (unpaired) electrons. The van der Waals surface area contributed by atoms with E-state index in [-0.39, 0.29) is 5.56 Å². The van der Waals surface area contributed by atoms with Crippen molar-refractivity contribution in [2.24, 2.45) is 0 Å². The van der Waals surface area contributed by atoms with E-state index in [1.54, 1.807) is 0 Å². The maximum atomic E-state index is 12.1. The molecule has 0 aliphatic heterocycles. The Balaban J connectivity index is 1.89. The van der Waals surface area contributed by atoms with E-state index < -0.39 is 0 Å². The van der Waals surface area contributed by atoms with Gasteiger partial charge in [-0.3, -0.25) is 9.78 Å². The van der Waals surface area contributed by atoms with Gasteiger partial charge in [0.1, 0.15) is 0 Å². The molecule has 2 N–H and O–H groups in total. The highest BCUT2D eigenvalue weighted by atomic mass is 32.1. The molecule has 0 saturated heterocycles. The van der Waals surface area contributed by atoms with E-state index in [1.165, 1.54) is 22.5 Å². The van der Waals surface area contributed by atoms with Crippen molar-refractivity contribution in [3.05, 3.63) is 57.2 Å². The van der Waals surface area contributed by atoms with Crippen molar-refractivity contribution in [3.63, 3.8) is 0 Å². The molecule has 0 atom stereocenters. The van der Waals surface area contributed by atoms with E-state index >= 15 is 0 Å². The highest BCUT2D eigenvalue weighted by Crippen LogP contribution is 2.20. The molecule has 3 aromatic rings. The minimum Gasteiger partial charge on any atom is -0.324 e. The Kier molecular flexibility index (Phi) is 3.53. The van der Waals surface area contributed by atoms with Crippen molar-refractivity contribution >= 4 is 23.0 Å². The number of hydrogen-bond donors (Lipinski definition) is 2. The zero-order valence-corrected chi connectivity index (χ0v) is 12.5. The van der Waals surface area contributed by atoms with Gasteiger partial charge in [0.05, 0.1) is 4.88 Å². The summed E-state index contributed by atoms with van der Waals surface area (Å²) in [5, 5.41) is 13.0. The lowest BCUT2D eigenvalue weighted by Gasteiger charge is -2.07. The second-order valence-electron chi connectivity index (χ2n) is 4.75. The van der Waals surface area contributed by atoms with Crippen molar-refractivity contribution in [1.82, 2.24) is 15.2 Å². The van der Waals surface area contributed by atoms with E-state index in [0.717, 1.165) is 10.6 Å². The molecule has 0 aliphatic rings. The summed E-state index contributed by atoms with van der Waals surface area (Å²) in [7, 11) is 0. The zero-order chi connectivity index (χ0) is 14.8. The Bertz CT molecular complexity index is 824. The zero-order valence-electron chi connectivity index (χ0n) is 11.7. The first-order chi connectivity index (χ1) is 10.1. The fraction of sp³-hybridized carbons (Fsp3) is 0.133. The van der Waals surface area contributed by atoms with Crippen LogP contribution >= 0.6 is 11.3 Å². The van der Waals surface area contributed by atoms with Gasteiger partial charge < -0.3 is 5.32 Å². The Morgan fingerprint density at radius 3 is 2.67 bits per heavy atom. The van der Waals surface area contributed by atoms with E-state index in [1.807, 2.05) is 42.6 Å². The SMILES string of the molecule is Cc1ccc(Nc2nnc(-c3cccs3)c(=O)[nH]2)cc1C. The van der Waals surface area contributed by atoms with Gasteiger partial charge in [0.2, 0.25) is 5.95 Å². The molecular weight excluding hydrogens is 284 g/mol. The molecule has 0 spiro atoms. The average molecular weight is 298 g/mol. The minimum absolute atomic E-state index is 0.251. The van der Waals surface area contributed by atoms with Gasteiger partial charge >= 0.3 is 0 Å².